The molecule has 0 atom stereocenters. The summed E-state index contributed by atoms with van der Waals surface area (Å²) in [6.07, 6.45) is 0. The minimum Gasteiger partial charge on any atom is -0.497 e. The van der Waals surface area contributed by atoms with Crippen molar-refractivity contribution in [2.75, 3.05) is 12.4 Å². The van der Waals surface area contributed by atoms with Gasteiger partial charge in [-0.15, -0.1) is 0 Å². The topological polar surface area (TPSA) is 67.4 Å². The quantitative estimate of drug-likeness (QED) is 0.718. The first-order chi connectivity index (χ1) is 12.3. The van der Waals surface area contributed by atoms with E-state index in [9.17, 15) is 9.59 Å². The fraction of sp³-hybridized carbons (Fsp3) is 0.263. The lowest BCUT2D eigenvalue weighted by Crippen LogP contribution is -2.44. The molecule has 0 saturated heterocycles. The van der Waals surface area contributed by atoms with Crippen LogP contribution in [-0.4, -0.2) is 18.9 Å². The van der Waals surface area contributed by atoms with Crippen LogP contribution in [0.2, 0.25) is 10.0 Å². The summed E-state index contributed by atoms with van der Waals surface area (Å²) in [5.41, 5.74) is -0.129. The number of para-hydroxylation sites is 1. The van der Waals surface area contributed by atoms with Gasteiger partial charge in [0.05, 0.1) is 22.8 Å². The Labute approximate surface area is 162 Å². The van der Waals surface area contributed by atoms with Crippen molar-refractivity contribution in [2.24, 2.45) is 5.41 Å². The first-order valence-corrected chi connectivity index (χ1v) is 8.68. The van der Waals surface area contributed by atoms with E-state index in [0.717, 1.165) is 11.3 Å². The number of methoxy groups -OCH3 is 1. The molecular weight excluding hydrogens is 375 g/mol. The number of ether oxygens (including phenoxy) is 1. The number of hydrogen-bond donors (Lipinski definition) is 2. The van der Waals surface area contributed by atoms with Crippen molar-refractivity contribution in [1.82, 2.24) is 5.32 Å². The van der Waals surface area contributed by atoms with Crippen LogP contribution in [0.5, 0.6) is 5.75 Å². The fourth-order valence-electron chi connectivity index (χ4n) is 2.14. The summed E-state index contributed by atoms with van der Waals surface area (Å²) < 4.78 is 5.09. The van der Waals surface area contributed by atoms with Gasteiger partial charge in [0, 0.05) is 6.54 Å². The first kappa shape index (κ1) is 20.1. The summed E-state index contributed by atoms with van der Waals surface area (Å²) >= 11 is 12.1. The summed E-state index contributed by atoms with van der Waals surface area (Å²) in [5, 5.41) is 6.01. The van der Waals surface area contributed by atoms with E-state index in [2.05, 4.69) is 10.6 Å². The molecule has 0 heterocycles. The standard InChI is InChI=1S/C19H20Cl2N2O3/c1-19(2,18(25)23-16-14(20)5-4-6-15(16)21)17(24)22-11-12-7-9-13(26-3)10-8-12/h4-10H,11H2,1-3H3,(H,22,24)(H,23,25). The minimum absolute atomic E-state index is 0.289. The Bertz CT molecular complexity index is 785. The Morgan fingerprint density at radius 3 is 2.12 bits per heavy atom. The highest BCUT2D eigenvalue weighted by Gasteiger charge is 2.36. The predicted molar refractivity (Wildman–Crippen MR) is 104 cm³/mol. The number of hydrogen-bond acceptors (Lipinski definition) is 3. The predicted octanol–water partition coefficient (Wildman–Crippen LogP) is 4.28. The van der Waals surface area contributed by atoms with Crippen LogP contribution in [-0.2, 0) is 16.1 Å². The van der Waals surface area contributed by atoms with Gasteiger partial charge in [0.15, 0.2) is 0 Å². The lowest BCUT2D eigenvalue weighted by molar-refractivity contribution is -0.138. The normalized spacial score (nSPS) is 11.0. The van der Waals surface area contributed by atoms with E-state index in [1.165, 1.54) is 13.8 Å². The van der Waals surface area contributed by atoms with Crippen LogP contribution in [0.25, 0.3) is 0 Å². The van der Waals surface area contributed by atoms with Crippen LogP contribution in [0.4, 0.5) is 5.69 Å². The van der Waals surface area contributed by atoms with E-state index in [-0.39, 0.29) is 5.69 Å². The fourth-order valence-corrected chi connectivity index (χ4v) is 2.63. The van der Waals surface area contributed by atoms with E-state index < -0.39 is 17.2 Å². The largest absolute Gasteiger partial charge is 0.497 e. The summed E-state index contributed by atoms with van der Waals surface area (Å²) in [5.74, 6) is -0.176. The second-order valence-corrected chi connectivity index (χ2v) is 7.02. The molecule has 138 valence electrons. The van der Waals surface area contributed by atoms with E-state index in [1.807, 2.05) is 12.1 Å². The Morgan fingerprint density at radius 1 is 1.00 bits per heavy atom. The molecule has 0 bridgehead atoms. The minimum atomic E-state index is -1.31. The Hall–Kier alpha value is -2.24. The van der Waals surface area contributed by atoms with Gasteiger partial charge in [-0.1, -0.05) is 41.4 Å². The highest BCUT2D eigenvalue weighted by molar-refractivity contribution is 6.40. The summed E-state index contributed by atoms with van der Waals surface area (Å²) in [7, 11) is 1.59. The molecule has 26 heavy (non-hydrogen) atoms. The maximum atomic E-state index is 12.6. The third-order valence-corrected chi connectivity index (χ3v) is 4.58. The van der Waals surface area contributed by atoms with Crippen molar-refractivity contribution in [1.29, 1.82) is 0 Å². The molecule has 0 aliphatic rings. The lowest BCUT2D eigenvalue weighted by atomic mass is 9.90. The molecule has 0 aromatic heterocycles. The number of rotatable bonds is 6. The molecule has 2 aromatic carbocycles. The van der Waals surface area contributed by atoms with Gasteiger partial charge in [0.2, 0.25) is 11.8 Å². The van der Waals surface area contributed by atoms with Crippen molar-refractivity contribution in [2.45, 2.75) is 20.4 Å². The third kappa shape index (κ3) is 4.68. The Morgan fingerprint density at radius 2 is 1.58 bits per heavy atom. The second-order valence-electron chi connectivity index (χ2n) is 6.21. The molecule has 2 N–H and O–H groups in total. The summed E-state index contributed by atoms with van der Waals surface area (Å²) in [6, 6.07) is 12.2. The number of amides is 2. The van der Waals surface area contributed by atoms with E-state index >= 15 is 0 Å². The van der Waals surface area contributed by atoms with Gasteiger partial charge in [-0.25, -0.2) is 0 Å². The van der Waals surface area contributed by atoms with Crippen LogP contribution in [0, 0.1) is 5.41 Å². The molecule has 2 rings (SSSR count). The van der Waals surface area contributed by atoms with Crippen LogP contribution < -0.4 is 15.4 Å². The Kier molecular flexibility index (Phi) is 6.51. The molecule has 0 fully saturated rings. The van der Waals surface area contributed by atoms with Crippen LogP contribution >= 0.6 is 23.2 Å². The lowest BCUT2D eigenvalue weighted by Gasteiger charge is -2.23. The van der Waals surface area contributed by atoms with Crippen molar-refractivity contribution in [3.05, 3.63) is 58.1 Å². The third-order valence-electron chi connectivity index (χ3n) is 3.95. The molecule has 5 nitrogen and oxygen atoms in total. The van der Waals surface area contributed by atoms with Gasteiger partial charge < -0.3 is 15.4 Å². The van der Waals surface area contributed by atoms with Gasteiger partial charge in [-0.05, 0) is 43.7 Å². The maximum absolute atomic E-state index is 12.6. The number of carbonyl (C=O) groups excluding carboxylic acids is 2. The molecule has 0 radical (unpaired) electrons. The Balaban J connectivity index is 2.02. The van der Waals surface area contributed by atoms with Gasteiger partial charge >= 0.3 is 0 Å². The van der Waals surface area contributed by atoms with Gasteiger partial charge in [0.25, 0.3) is 0 Å². The zero-order chi connectivity index (χ0) is 19.3. The number of carbonyl (C=O) groups is 2. The van der Waals surface area contributed by atoms with Crippen LogP contribution in [0.3, 0.4) is 0 Å². The summed E-state index contributed by atoms with van der Waals surface area (Å²) in [4.78, 5) is 25.1. The average Bonchev–Trinajstić information content (AvgIpc) is 2.62. The van der Waals surface area contributed by atoms with Crippen molar-refractivity contribution < 1.29 is 14.3 Å². The monoisotopic (exact) mass is 394 g/mol. The molecule has 0 aliphatic carbocycles. The second kappa shape index (κ2) is 8.43. The molecule has 0 spiro atoms. The molecule has 0 saturated carbocycles. The molecule has 0 aliphatic heterocycles. The van der Waals surface area contributed by atoms with Gasteiger partial charge in [-0.3, -0.25) is 9.59 Å². The highest BCUT2D eigenvalue weighted by atomic mass is 35.5. The number of anilines is 1. The highest BCUT2D eigenvalue weighted by Crippen LogP contribution is 2.31. The smallest absolute Gasteiger partial charge is 0.239 e. The number of nitrogens with one attached hydrogen (secondary N) is 2. The van der Waals surface area contributed by atoms with Crippen molar-refractivity contribution in [3.8, 4) is 5.75 Å². The first-order valence-electron chi connectivity index (χ1n) is 7.92. The van der Waals surface area contributed by atoms with Crippen molar-refractivity contribution in [3.63, 3.8) is 0 Å². The molecular formula is C19H20Cl2N2O3. The maximum Gasteiger partial charge on any atom is 0.239 e. The number of benzene rings is 2. The SMILES string of the molecule is COc1ccc(CNC(=O)C(C)(C)C(=O)Nc2c(Cl)cccc2Cl)cc1. The summed E-state index contributed by atoms with van der Waals surface area (Å²) in [6.45, 7) is 3.37. The van der Waals surface area contributed by atoms with E-state index in [4.69, 9.17) is 27.9 Å². The molecule has 0 unspecified atom stereocenters. The van der Waals surface area contributed by atoms with Gasteiger partial charge in [-0.2, -0.15) is 0 Å². The van der Waals surface area contributed by atoms with Crippen LogP contribution in [0.15, 0.2) is 42.5 Å². The zero-order valence-corrected chi connectivity index (χ0v) is 16.2. The average molecular weight is 395 g/mol. The van der Waals surface area contributed by atoms with E-state index in [1.54, 1.807) is 37.4 Å². The molecule has 2 aromatic rings. The van der Waals surface area contributed by atoms with Crippen LogP contribution in [0.1, 0.15) is 19.4 Å². The zero-order valence-electron chi connectivity index (χ0n) is 14.7. The van der Waals surface area contributed by atoms with Crippen molar-refractivity contribution >= 4 is 40.7 Å². The molecule has 2 amide bonds. The van der Waals surface area contributed by atoms with E-state index in [0.29, 0.717) is 16.6 Å². The number of halogens is 2. The molecule has 7 heteroatoms. The van der Waals surface area contributed by atoms with Gasteiger partial charge in [0.1, 0.15) is 11.2 Å².